The summed E-state index contributed by atoms with van der Waals surface area (Å²) in [6.45, 7) is 10.2. The molecule has 0 atom stereocenters. The summed E-state index contributed by atoms with van der Waals surface area (Å²) in [4.78, 5) is 4.67. The zero-order valence-electron chi connectivity index (χ0n) is 12.2. The molecule has 2 aromatic heterocycles. The van der Waals surface area contributed by atoms with Crippen LogP contribution in [-0.2, 0) is 6.54 Å². The molecule has 0 bridgehead atoms. The molecular weight excluding hydrogens is 236 g/mol. The minimum atomic E-state index is 0.806. The van der Waals surface area contributed by atoms with Crippen molar-refractivity contribution in [2.45, 2.75) is 40.7 Å². The number of hydrogen-bond donors (Lipinski definition) is 1. The lowest BCUT2D eigenvalue weighted by molar-refractivity contribution is 0.660. The molecule has 102 valence electrons. The van der Waals surface area contributed by atoms with Crippen LogP contribution in [0.4, 0.5) is 0 Å². The van der Waals surface area contributed by atoms with E-state index >= 15 is 0 Å². The largest absolute Gasteiger partial charge is 0.311 e. The first-order valence-corrected chi connectivity index (χ1v) is 6.83. The molecule has 0 radical (unpaired) electrons. The molecule has 2 aromatic rings. The Kier molecular flexibility index (Phi) is 4.32. The van der Waals surface area contributed by atoms with E-state index in [1.165, 1.54) is 5.56 Å². The van der Waals surface area contributed by atoms with Gasteiger partial charge in [-0.2, -0.15) is 5.10 Å². The third-order valence-electron chi connectivity index (χ3n) is 3.40. The average molecular weight is 258 g/mol. The van der Waals surface area contributed by atoms with E-state index in [1.807, 2.05) is 29.8 Å². The third-order valence-corrected chi connectivity index (χ3v) is 3.40. The zero-order chi connectivity index (χ0) is 13.8. The van der Waals surface area contributed by atoms with Gasteiger partial charge in [0.05, 0.1) is 11.4 Å². The van der Waals surface area contributed by atoms with Crippen molar-refractivity contribution in [1.82, 2.24) is 20.1 Å². The summed E-state index contributed by atoms with van der Waals surface area (Å²) >= 11 is 0. The Morgan fingerprint density at radius 2 is 2.00 bits per heavy atom. The van der Waals surface area contributed by atoms with Crippen LogP contribution in [0.1, 0.15) is 36.0 Å². The predicted octanol–water partition coefficient (Wildman–Crippen LogP) is 2.69. The summed E-state index contributed by atoms with van der Waals surface area (Å²) in [6.07, 6.45) is 1.14. The summed E-state index contributed by atoms with van der Waals surface area (Å²) in [5.74, 6) is 0.893. The van der Waals surface area contributed by atoms with Gasteiger partial charge in [-0.25, -0.2) is 9.67 Å². The number of hydrogen-bond acceptors (Lipinski definition) is 3. The van der Waals surface area contributed by atoms with Gasteiger partial charge in [0.2, 0.25) is 0 Å². The molecule has 0 aliphatic rings. The number of pyridine rings is 1. The normalized spacial score (nSPS) is 10.9. The van der Waals surface area contributed by atoms with E-state index in [0.29, 0.717) is 0 Å². The first kappa shape index (κ1) is 13.7. The van der Waals surface area contributed by atoms with Crippen LogP contribution < -0.4 is 5.32 Å². The highest BCUT2D eigenvalue weighted by molar-refractivity contribution is 5.32. The Bertz CT molecular complexity index is 557. The van der Waals surface area contributed by atoms with Crippen LogP contribution in [0.3, 0.4) is 0 Å². The van der Waals surface area contributed by atoms with Crippen molar-refractivity contribution < 1.29 is 0 Å². The molecular formula is C15H22N4. The second-order valence-electron chi connectivity index (χ2n) is 4.87. The molecule has 4 nitrogen and oxygen atoms in total. The van der Waals surface area contributed by atoms with Gasteiger partial charge < -0.3 is 5.32 Å². The maximum Gasteiger partial charge on any atom is 0.153 e. The van der Waals surface area contributed by atoms with E-state index in [0.717, 1.165) is 42.4 Å². The average Bonchev–Trinajstić information content (AvgIpc) is 2.67. The maximum atomic E-state index is 4.67. The van der Waals surface area contributed by atoms with Crippen LogP contribution in [0, 0.1) is 20.8 Å². The van der Waals surface area contributed by atoms with Crippen molar-refractivity contribution in [1.29, 1.82) is 0 Å². The molecule has 0 fully saturated rings. The van der Waals surface area contributed by atoms with Crippen molar-refractivity contribution in [2.24, 2.45) is 0 Å². The van der Waals surface area contributed by atoms with Gasteiger partial charge in [-0.05, 0) is 51.4 Å². The quantitative estimate of drug-likeness (QED) is 0.838. The van der Waals surface area contributed by atoms with Crippen LogP contribution in [0.2, 0.25) is 0 Å². The summed E-state index contributed by atoms with van der Waals surface area (Å²) < 4.78 is 1.92. The minimum absolute atomic E-state index is 0.806. The number of rotatable bonds is 5. The van der Waals surface area contributed by atoms with Crippen LogP contribution in [0.25, 0.3) is 5.82 Å². The lowest BCUT2D eigenvalue weighted by Gasteiger charge is -2.07. The Morgan fingerprint density at radius 1 is 1.21 bits per heavy atom. The van der Waals surface area contributed by atoms with E-state index in [9.17, 15) is 0 Å². The highest BCUT2D eigenvalue weighted by Crippen LogP contribution is 2.15. The second kappa shape index (κ2) is 5.97. The number of nitrogens with one attached hydrogen (secondary N) is 1. The van der Waals surface area contributed by atoms with E-state index in [-0.39, 0.29) is 0 Å². The fourth-order valence-electron chi connectivity index (χ4n) is 2.02. The van der Waals surface area contributed by atoms with E-state index in [1.54, 1.807) is 0 Å². The molecule has 0 amide bonds. The lowest BCUT2D eigenvalue weighted by atomic mass is 10.2. The van der Waals surface area contributed by atoms with Crippen LogP contribution in [0.15, 0.2) is 18.2 Å². The van der Waals surface area contributed by atoms with Crippen LogP contribution in [0.5, 0.6) is 0 Å². The Hall–Kier alpha value is -1.68. The number of aryl methyl sites for hydroxylation is 1. The van der Waals surface area contributed by atoms with E-state index in [4.69, 9.17) is 0 Å². The van der Waals surface area contributed by atoms with Gasteiger partial charge in [0.25, 0.3) is 0 Å². The van der Waals surface area contributed by atoms with Crippen LogP contribution >= 0.6 is 0 Å². The fraction of sp³-hybridized carbons (Fsp3) is 0.467. The Balaban J connectivity index is 2.25. The van der Waals surface area contributed by atoms with E-state index in [2.05, 4.69) is 36.2 Å². The molecule has 2 rings (SSSR count). The summed E-state index contributed by atoms with van der Waals surface area (Å²) in [7, 11) is 0. The Morgan fingerprint density at radius 3 is 2.63 bits per heavy atom. The highest BCUT2D eigenvalue weighted by Gasteiger charge is 2.09. The standard InChI is InChI=1S/C15H22N4/c1-5-9-16-10-14-7-6-8-15(17-14)19-13(4)11(2)12(3)18-19/h6-8,16H,5,9-10H2,1-4H3. The molecule has 19 heavy (non-hydrogen) atoms. The smallest absolute Gasteiger partial charge is 0.153 e. The molecule has 0 unspecified atom stereocenters. The SMILES string of the molecule is CCCNCc1cccc(-n2nc(C)c(C)c2C)n1. The van der Waals surface area contributed by atoms with Crippen molar-refractivity contribution in [3.05, 3.63) is 40.8 Å². The first-order valence-electron chi connectivity index (χ1n) is 6.83. The zero-order valence-corrected chi connectivity index (χ0v) is 12.2. The van der Waals surface area contributed by atoms with E-state index < -0.39 is 0 Å². The van der Waals surface area contributed by atoms with Crippen LogP contribution in [-0.4, -0.2) is 21.3 Å². The number of aromatic nitrogens is 3. The molecule has 0 aliphatic heterocycles. The first-order chi connectivity index (χ1) is 9.13. The Labute approximate surface area is 114 Å². The monoisotopic (exact) mass is 258 g/mol. The summed E-state index contributed by atoms with van der Waals surface area (Å²) in [6, 6.07) is 6.09. The molecule has 0 spiro atoms. The number of nitrogens with zero attached hydrogens (tertiary/aromatic N) is 3. The van der Waals surface area contributed by atoms with Gasteiger partial charge in [0, 0.05) is 12.2 Å². The van der Waals surface area contributed by atoms with Crippen molar-refractivity contribution in [2.75, 3.05) is 6.54 Å². The van der Waals surface area contributed by atoms with Gasteiger partial charge in [-0.1, -0.05) is 13.0 Å². The highest BCUT2D eigenvalue weighted by atomic mass is 15.3. The predicted molar refractivity (Wildman–Crippen MR) is 77.6 cm³/mol. The van der Waals surface area contributed by atoms with Gasteiger partial charge in [-0.3, -0.25) is 0 Å². The second-order valence-corrected chi connectivity index (χ2v) is 4.87. The van der Waals surface area contributed by atoms with Gasteiger partial charge in [0.15, 0.2) is 5.82 Å². The molecule has 0 aromatic carbocycles. The molecule has 1 N–H and O–H groups in total. The molecule has 0 saturated carbocycles. The maximum absolute atomic E-state index is 4.67. The molecule has 0 aliphatic carbocycles. The van der Waals surface area contributed by atoms with Crippen molar-refractivity contribution in [3.8, 4) is 5.82 Å². The minimum Gasteiger partial charge on any atom is -0.311 e. The molecule has 0 saturated heterocycles. The van der Waals surface area contributed by atoms with Gasteiger partial charge in [-0.15, -0.1) is 0 Å². The summed E-state index contributed by atoms with van der Waals surface area (Å²) in [5, 5.41) is 7.92. The molecule has 2 heterocycles. The molecule has 4 heteroatoms. The summed E-state index contributed by atoms with van der Waals surface area (Å²) in [5.41, 5.74) is 4.50. The van der Waals surface area contributed by atoms with Crippen molar-refractivity contribution in [3.63, 3.8) is 0 Å². The van der Waals surface area contributed by atoms with Gasteiger partial charge >= 0.3 is 0 Å². The lowest BCUT2D eigenvalue weighted by Crippen LogP contribution is -2.15. The van der Waals surface area contributed by atoms with Gasteiger partial charge in [0.1, 0.15) is 0 Å². The van der Waals surface area contributed by atoms with Crippen molar-refractivity contribution >= 4 is 0 Å². The topological polar surface area (TPSA) is 42.7 Å². The third kappa shape index (κ3) is 3.01. The fourth-order valence-corrected chi connectivity index (χ4v) is 2.02.